The molecule has 0 fully saturated rings. The van der Waals surface area contributed by atoms with Gasteiger partial charge in [0.15, 0.2) is 11.5 Å². The molecule has 1 aliphatic heterocycles. The van der Waals surface area contributed by atoms with Crippen molar-refractivity contribution in [2.45, 2.75) is 6.42 Å². The predicted octanol–water partition coefficient (Wildman–Crippen LogP) is 2.62. The number of rotatable bonds is 1. The number of hydrogen-bond acceptors (Lipinski definition) is 4. The molecule has 1 aliphatic rings. The summed E-state index contributed by atoms with van der Waals surface area (Å²) in [6.07, 6.45) is 2.52. The van der Waals surface area contributed by atoms with E-state index in [0.717, 1.165) is 17.7 Å². The van der Waals surface area contributed by atoms with E-state index in [1.165, 1.54) is 0 Å². The minimum atomic E-state index is 0.159. The zero-order valence-corrected chi connectivity index (χ0v) is 9.80. The molecule has 0 spiro atoms. The third-order valence-electron chi connectivity index (χ3n) is 2.81. The highest BCUT2D eigenvalue weighted by Gasteiger charge is 2.13. The number of hydrogen-bond donors (Lipinski definition) is 1. The summed E-state index contributed by atoms with van der Waals surface area (Å²) in [4.78, 5) is 4.17. The Morgan fingerprint density at radius 1 is 1.06 bits per heavy atom. The summed E-state index contributed by atoms with van der Waals surface area (Å²) in [5.41, 5.74) is 1.37. The average Bonchev–Trinajstić information content (AvgIpc) is 2.63. The Morgan fingerprint density at radius 3 is 2.72 bits per heavy atom. The molecule has 0 aliphatic carbocycles. The van der Waals surface area contributed by atoms with Crippen molar-refractivity contribution in [3.05, 3.63) is 36.5 Å². The van der Waals surface area contributed by atoms with Crippen LogP contribution < -0.4 is 9.47 Å². The Balaban J connectivity index is 2.04. The topological polar surface area (TPSA) is 51.6 Å². The number of aromatic hydroxyl groups is 1. The van der Waals surface area contributed by atoms with Crippen LogP contribution in [0.4, 0.5) is 0 Å². The van der Waals surface area contributed by atoms with Crippen LogP contribution in [0.25, 0.3) is 11.3 Å². The SMILES string of the molecule is Oc1cccnc1-c1ccc2c(c1)OCCCO2. The highest BCUT2D eigenvalue weighted by molar-refractivity contribution is 5.68. The van der Waals surface area contributed by atoms with E-state index >= 15 is 0 Å². The molecule has 0 unspecified atom stereocenters. The fourth-order valence-electron chi connectivity index (χ4n) is 1.93. The number of nitrogens with zero attached hydrogens (tertiary/aromatic N) is 1. The Bertz CT molecular complexity index is 569. The first-order valence-electron chi connectivity index (χ1n) is 5.88. The molecule has 2 heterocycles. The van der Waals surface area contributed by atoms with Gasteiger partial charge < -0.3 is 14.6 Å². The maximum Gasteiger partial charge on any atom is 0.161 e. The Morgan fingerprint density at radius 2 is 1.89 bits per heavy atom. The van der Waals surface area contributed by atoms with Crippen LogP contribution in [-0.2, 0) is 0 Å². The highest BCUT2D eigenvalue weighted by atomic mass is 16.5. The summed E-state index contributed by atoms with van der Waals surface area (Å²) in [6.45, 7) is 1.31. The van der Waals surface area contributed by atoms with Gasteiger partial charge in [0.25, 0.3) is 0 Å². The van der Waals surface area contributed by atoms with Gasteiger partial charge in [-0.05, 0) is 30.3 Å². The molecule has 0 radical (unpaired) electrons. The number of ether oxygens (including phenoxy) is 2. The molecule has 1 aromatic heterocycles. The van der Waals surface area contributed by atoms with Crippen LogP contribution in [-0.4, -0.2) is 23.3 Å². The lowest BCUT2D eigenvalue weighted by molar-refractivity contribution is 0.297. The van der Waals surface area contributed by atoms with Gasteiger partial charge in [0, 0.05) is 18.2 Å². The number of aromatic nitrogens is 1. The molecule has 0 atom stereocenters. The van der Waals surface area contributed by atoms with Crippen molar-refractivity contribution in [2.75, 3.05) is 13.2 Å². The molecule has 4 heteroatoms. The van der Waals surface area contributed by atoms with Gasteiger partial charge in [-0.25, -0.2) is 0 Å². The van der Waals surface area contributed by atoms with Crippen molar-refractivity contribution >= 4 is 0 Å². The van der Waals surface area contributed by atoms with Crippen LogP contribution in [0.2, 0.25) is 0 Å². The van der Waals surface area contributed by atoms with Crippen molar-refractivity contribution in [1.82, 2.24) is 4.98 Å². The number of benzene rings is 1. The minimum absolute atomic E-state index is 0.159. The van der Waals surface area contributed by atoms with E-state index in [2.05, 4.69) is 4.98 Å². The van der Waals surface area contributed by atoms with Gasteiger partial charge in [-0.3, -0.25) is 4.98 Å². The second-order valence-corrected chi connectivity index (χ2v) is 4.08. The molecule has 0 bridgehead atoms. The van der Waals surface area contributed by atoms with E-state index in [-0.39, 0.29) is 5.75 Å². The standard InChI is InChI=1S/C14H13NO3/c16-11-3-1-6-15-14(11)10-4-5-12-13(9-10)18-8-2-7-17-12/h1,3-6,9,16H,2,7-8H2. The molecule has 2 aromatic rings. The second-order valence-electron chi connectivity index (χ2n) is 4.08. The normalized spacial score (nSPS) is 14.0. The Kier molecular flexibility index (Phi) is 2.76. The lowest BCUT2D eigenvalue weighted by atomic mass is 10.1. The van der Waals surface area contributed by atoms with E-state index in [0.29, 0.717) is 24.7 Å². The van der Waals surface area contributed by atoms with Gasteiger partial charge in [0.2, 0.25) is 0 Å². The van der Waals surface area contributed by atoms with E-state index < -0.39 is 0 Å². The maximum atomic E-state index is 9.79. The molecule has 92 valence electrons. The van der Waals surface area contributed by atoms with Crippen LogP contribution in [0.15, 0.2) is 36.5 Å². The lowest BCUT2D eigenvalue weighted by Gasteiger charge is -2.09. The summed E-state index contributed by atoms with van der Waals surface area (Å²) in [6, 6.07) is 8.88. The van der Waals surface area contributed by atoms with Crippen molar-refractivity contribution in [2.24, 2.45) is 0 Å². The van der Waals surface area contributed by atoms with E-state index in [1.54, 1.807) is 18.3 Å². The first-order valence-corrected chi connectivity index (χ1v) is 5.88. The molecular weight excluding hydrogens is 230 g/mol. The maximum absolute atomic E-state index is 9.79. The molecule has 1 aromatic carbocycles. The van der Waals surface area contributed by atoms with E-state index in [1.807, 2.05) is 18.2 Å². The quantitative estimate of drug-likeness (QED) is 0.836. The minimum Gasteiger partial charge on any atom is -0.506 e. The molecule has 3 rings (SSSR count). The highest BCUT2D eigenvalue weighted by Crippen LogP contribution is 2.35. The zero-order valence-electron chi connectivity index (χ0n) is 9.80. The van der Waals surface area contributed by atoms with Crippen LogP contribution in [0.3, 0.4) is 0 Å². The van der Waals surface area contributed by atoms with Crippen LogP contribution >= 0.6 is 0 Å². The van der Waals surface area contributed by atoms with Gasteiger partial charge in [-0.15, -0.1) is 0 Å². The van der Waals surface area contributed by atoms with Crippen molar-refractivity contribution < 1.29 is 14.6 Å². The van der Waals surface area contributed by atoms with Crippen molar-refractivity contribution in [3.63, 3.8) is 0 Å². The predicted molar refractivity (Wildman–Crippen MR) is 66.9 cm³/mol. The summed E-state index contributed by atoms with van der Waals surface area (Å²) >= 11 is 0. The third kappa shape index (κ3) is 1.97. The molecule has 0 saturated heterocycles. The fourth-order valence-corrected chi connectivity index (χ4v) is 1.93. The van der Waals surface area contributed by atoms with Crippen molar-refractivity contribution in [1.29, 1.82) is 0 Å². The number of pyridine rings is 1. The molecule has 0 amide bonds. The average molecular weight is 243 g/mol. The number of fused-ring (bicyclic) bond motifs is 1. The fraction of sp³-hybridized carbons (Fsp3) is 0.214. The Hall–Kier alpha value is -2.23. The van der Waals surface area contributed by atoms with E-state index in [9.17, 15) is 5.11 Å². The van der Waals surface area contributed by atoms with Gasteiger partial charge >= 0.3 is 0 Å². The summed E-state index contributed by atoms with van der Waals surface area (Å²) in [5.74, 6) is 1.61. The van der Waals surface area contributed by atoms with E-state index in [4.69, 9.17) is 9.47 Å². The first kappa shape index (κ1) is 10.9. The summed E-state index contributed by atoms with van der Waals surface area (Å²) < 4.78 is 11.2. The molecule has 18 heavy (non-hydrogen) atoms. The molecule has 1 N–H and O–H groups in total. The first-order chi connectivity index (χ1) is 8.84. The van der Waals surface area contributed by atoms with Gasteiger partial charge in [-0.2, -0.15) is 0 Å². The smallest absolute Gasteiger partial charge is 0.161 e. The van der Waals surface area contributed by atoms with Gasteiger partial charge in [0.05, 0.1) is 13.2 Å². The second kappa shape index (κ2) is 4.56. The lowest BCUT2D eigenvalue weighted by Crippen LogP contribution is -1.97. The largest absolute Gasteiger partial charge is 0.506 e. The summed E-state index contributed by atoms with van der Waals surface area (Å²) in [7, 11) is 0. The van der Waals surface area contributed by atoms with Crippen molar-refractivity contribution in [3.8, 4) is 28.5 Å². The van der Waals surface area contributed by atoms with Crippen LogP contribution in [0.5, 0.6) is 17.2 Å². The monoisotopic (exact) mass is 243 g/mol. The Labute approximate surface area is 105 Å². The summed E-state index contributed by atoms with van der Waals surface area (Å²) in [5, 5.41) is 9.79. The zero-order chi connectivity index (χ0) is 12.4. The van der Waals surface area contributed by atoms with Gasteiger partial charge in [-0.1, -0.05) is 0 Å². The van der Waals surface area contributed by atoms with Crippen LogP contribution in [0.1, 0.15) is 6.42 Å². The van der Waals surface area contributed by atoms with Crippen LogP contribution in [0, 0.1) is 0 Å². The van der Waals surface area contributed by atoms with Gasteiger partial charge in [0.1, 0.15) is 11.4 Å². The molecule has 0 saturated carbocycles. The molecule has 4 nitrogen and oxygen atoms in total. The molecular formula is C14H13NO3. The third-order valence-corrected chi connectivity index (χ3v) is 2.81.